The molecular weight excluding hydrogens is 320 g/mol. The van der Waals surface area contributed by atoms with Crippen LogP contribution >= 0.6 is 11.6 Å². The van der Waals surface area contributed by atoms with Crippen molar-refractivity contribution in [3.8, 4) is 0 Å². The lowest BCUT2D eigenvalue weighted by Crippen LogP contribution is -2.51. The molecule has 9 heteroatoms. The Morgan fingerprint density at radius 2 is 2.19 bits per heavy atom. The number of nitrogens with zero attached hydrogens (tertiary/aromatic N) is 1. The zero-order valence-electron chi connectivity index (χ0n) is 11.3. The summed E-state index contributed by atoms with van der Waals surface area (Å²) < 4.78 is 32.7. The molecule has 1 atom stereocenters. The zero-order valence-corrected chi connectivity index (χ0v) is 12.9. The highest BCUT2D eigenvalue weighted by Gasteiger charge is 2.34. The van der Waals surface area contributed by atoms with Crippen LogP contribution in [-0.2, 0) is 14.8 Å². The number of benzene rings is 1. The third-order valence-electron chi connectivity index (χ3n) is 3.23. The normalized spacial score (nSPS) is 23.0. The van der Waals surface area contributed by atoms with Gasteiger partial charge in [0, 0.05) is 18.7 Å². The van der Waals surface area contributed by atoms with Crippen molar-refractivity contribution >= 4 is 27.3 Å². The number of nitro benzene ring substituents is 1. The average molecular weight is 335 g/mol. The van der Waals surface area contributed by atoms with Crippen LogP contribution in [-0.4, -0.2) is 32.1 Å². The molecule has 0 aliphatic carbocycles. The first-order valence-electron chi connectivity index (χ1n) is 6.29. The van der Waals surface area contributed by atoms with Crippen LogP contribution in [0.1, 0.15) is 19.8 Å². The van der Waals surface area contributed by atoms with E-state index in [1.165, 1.54) is 6.07 Å². The molecule has 1 saturated heterocycles. The van der Waals surface area contributed by atoms with Gasteiger partial charge < -0.3 is 4.74 Å². The summed E-state index contributed by atoms with van der Waals surface area (Å²) in [5, 5.41) is 10.7. The smallest absolute Gasteiger partial charge is 0.270 e. The fourth-order valence-electron chi connectivity index (χ4n) is 2.21. The van der Waals surface area contributed by atoms with Gasteiger partial charge in [-0.25, -0.2) is 13.1 Å². The van der Waals surface area contributed by atoms with Crippen LogP contribution < -0.4 is 4.72 Å². The molecule has 0 radical (unpaired) electrons. The molecule has 1 aliphatic heterocycles. The first-order valence-corrected chi connectivity index (χ1v) is 8.15. The minimum atomic E-state index is -3.97. The van der Waals surface area contributed by atoms with Gasteiger partial charge in [0.05, 0.1) is 22.1 Å². The van der Waals surface area contributed by atoms with Gasteiger partial charge in [-0.3, -0.25) is 10.1 Å². The summed E-state index contributed by atoms with van der Waals surface area (Å²) in [5.74, 6) is 0. The summed E-state index contributed by atoms with van der Waals surface area (Å²) in [6.45, 7) is 2.57. The fraction of sp³-hybridized carbons (Fsp3) is 0.500. The molecule has 0 bridgehead atoms. The summed E-state index contributed by atoms with van der Waals surface area (Å²) in [5.41, 5.74) is -1.07. The van der Waals surface area contributed by atoms with Crippen LogP contribution in [0.4, 0.5) is 5.69 Å². The molecule has 1 aliphatic rings. The van der Waals surface area contributed by atoms with Crippen LogP contribution in [0.15, 0.2) is 23.1 Å². The number of hydrogen-bond donors (Lipinski definition) is 1. The van der Waals surface area contributed by atoms with Crippen LogP contribution in [0.3, 0.4) is 0 Å². The Kier molecular flexibility index (Phi) is 4.52. The van der Waals surface area contributed by atoms with Gasteiger partial charge in [0.1, 0.15) is 4.90 Å². The fourth-order valence-corrected chi connectivity index (χ4v) is 4.15. The molecule has 1 heterocycles. The Labute approximate surface area is 127 Å². The van der Waals surface area contributed by atoms with Crippen molar-refractivity contribution in [3.05, 3.63) is 33.3 Å². The predicted molar refractivity (Wildman–Crippen MR) is 76.9 cm³/mol. The average Bonchev–Trinajstić information content (AvgIpc) is 2.38. The highest BCUT2D eigenvalue weighted by molar-refractivity contribution is 7.89. The van der Waals surface area contributed by atoms with E-state index in [4.69, 9.17) is 16.3 Å². The molecule has 2 rings (SSSR count). The number of halogens is 1. The third kappa shape index (κ3) is 3.70. The quantitative estimate of drug-likeness (QED) is 0.671. The minimum absolute atomic E-state index is 0.0616. The van der Waals surface area contributed by atoms with E-state index in [0.717, 1.165) is 18.6 Å². The van der Waals surface area contributed by atoms with E-state index in [1.807, 2.05) is 0 Å². The van der Waals surface area contributed by atoms with E-state index in [9.17, 15) is 18.5 Å². The first-order chi connectivity index (χ1) is 9.73. The van der Waals surface area contributed by atoms with Crippen molar-refractivity contribution in [2.45, 2.75) is 30.2 Å². The van der Waals surface area contributed by atoms with Crippen LogP contribution in [0.25, 0.3) is 0 Å². The van der Waals surface area contributed by atoms with Crippen molar-refractivity contribution in [3.63, 3.8) is 0 Å². The van der Waals surface area contributed by atoms with E-state index in [1.54, 1.807) is 6.92 Å². The van der Waals surface area contributed by atoms with E-state index in [0.29, 0.717) is 13.0 Å². The van der Waals surface area contributed by atoms with Crippen molar-refractivity contribution in [1.82, 2.24) is 4.72 Å². The third-order valence-corrected chi connectivity index (χ3v) is 5.35. The molecule has 7 nitrogen and oxygen atoms in total. The lowest BCUT2D eigenvalue weighted by Gasteiger charge is -2.33. The van der Waals surface area contributed by atoms with Gasteiger partial charge in [0.15, 0.2) is 0 Å². The largest absolute Gasteiger partial charge is 0.380 e. The highest BCUT2D eigenvalue weighted by atomic mass is 35.5. The maximum atomic E-state index is 12.4. The second kappa shape index (κ2) is 5.88. The van der Waals surface area contributed by atoms with Crippen molar-refractivity contribution in [1.29, 1.82) is 0 Å². The van der Waals surface area contributed by atoms with Gasteiger partial charge in [-0.05, 0) is 25.8 Å². The predicted octanol–water partition coefficient (Wildman–Crippen LogP) is 2.10. The Balaban J connectivity index is 2.35. The van der Waals surface area contributed by atoms with Gasteiger partial charge in [-0.2, -0.15) is 0 Å². The van der Waals surface area contributed by atoms with Crippen LogP contribution in [0, 0.1) is 10.1 Å². The lowest BCUT2D eigenvalue weighted by atomic mass is 9.97. The number of non-ortho nitro benzene ring substituents is 1. The maximum Gasteiger partial charge on any atom is 0.270 e. The number of nitro groups is 1. The second-order valence-corrected chi connectivity index (χ2v) is 7.25. The summed E-state index contributed by atoms with van der Waals surface area (Å²) in [4.78, 5) is 9.81. The Bertz CT molecular complexity index is 656. The molecule has 0 aromatic heterocycles. The van der Waals surface area contributed by atoms with Gasteiger partial charge in [0.2, 0.25) is 10.0 Å². The molecule has 1 unspecified atom stereocenters. The molecule has 0 saturated carbocycles. The van der Waals surface area contributed by atoms with E-state index in [-0.39, 0.29) is 22.2 Å². The monoisotopic (exact) mass is 334 g/mol. The maximum absolute atomic E-state index is 12.4. The summed E-state index contributed by atoms with van der Waals surface area (Å²) in [6.07, 6.45) is 1.36. The number of ether oxygens (including phenoxy) is 1. The number of hydrogen-bond acceptors (Lipinski definition) is 5. The lowest BCUT2D eigenvalue weighted by molar-refractivity contribution is -0.385. The summed E-state index contributed by atoms with van der Waals surface area (Å²) in [7, 11) is -3.97. The molecule has 1 aromatic carbocycles. The summed E-state index contributed by atoms with van der Waals surface area (Å²) in [6, 6.07) is 3.32. The molecule has 0 spiro atoms. The first kappa shape index (κ1) is 16.2. The zero-order chi connectivity index (χ0) is 15.7. The van der Waals surface area contributed by atoms with Gasteiger partial charge in [0.25, 0.3) is 5.69 Å². The van der Waals surface area contributed by atoms with Gasteiger partial charge >= 0.3 is 0 Å². The van der Waals surface area contributed by atoms with E-state index in [2.05, 4.69) is 4.72 Å². The Morgan fingerprint density at radius 3 is 2.76 bits per heavy atom. The molecule has 1 fully saturated rings. The number of sulfonamides is 1. The summed E-state index contributed by atoms with van der Waals surface area (Å²) >= 11 is 5.88. The number of nitrogens with one attached hydrogen (secondary N) is 1. The molecule has 21 heavy (non-hydrogen) atoms. The Morgan fingerprint density at radius 1 is 1.48 bits per heavy atom. The topological polar surface area (TPSA) is 98.5 Å². The second-order valence-electron chi connectivity index (χ2n) is 5.19. The van der Waals surface area contributed by atoms with Crippen molar-refractivity contribution in [2.75, 3.05) is 13.2 Å². The molecule has 1 N–H and O–H groups in total. The SMILES string of the molecule is CC1(NS(=O)(=O)c2cc([N+](=O)[O-])ccc2Cl)CCCOC1. The molecule has 1 aromatic rings. The highest BCUT2D eigenvalue weighted by Crippen LogP contribution is 2.28. The van der Waals surface area contributed by atoms with Crippen LogP contribution in [0.2, 0.25) is 5.02 Å². The van der Waals surface area contributed by atoms with E-state index >= 15 is 0 Å². The van der Waals surface area contributed by atoms with Gasteiger partial charge in [-0.15, -0.1) is 0 Å². The minimum Gasteiger partial charge on any atom is -0.380 e. The standard InChI is InChI=1S/C12H15ClN2O5S/c1-12(5-2-6-20-8-12)14-21(18,19)11-7-9(15(16)17)3-4-10(11)13/h3-4,7,14H,2,5-6,8H2,1H3. The number of rotatable bonds is 4. The molecular formula is C12H15ClN2O5S. The van der Waals surface area contributed by atoms with Crippen molar-refractivity contribution < 1.29 is 18.1 Å². The molecule has 0 amide bonds. The van der Waals surface area contributed by atoms with Gasteiger partial charge in [-0.1, -0.05) is 11.6 Å². The van der Waals surface area contributed by atoms with E-state index < -0.39 is 20.5 Å². The Hall–Kier alpha value is -1.22. The van der Waals surface area contributed by atoms with Crippen molar-refractivity contribution in [2.24, 2.45) is 0 Å². The molecule has 116 valence electrons. The van der Waals surface area contributed by atoms with Crippen LogP contribution in [0.5, 0.6) is 0 Å².